The molecular formula is C20H21NO4. The zero-order chi connectivity index (χ0) is 17.7. The minimum atomic E-state index is -0.687. The molecule has 0 heterocycles. The van der Waals surface area contributed by atoms with Crippen LogP contribution in [0.1, 0.15) is 24.0 Å². The second-order valence-corrected chi connectivity index (χ2v) is 6.25. The number of carbonyl (C=O) groups excluding carboxylic acids is 2. The zero-order valence-electron chi connectivity index (χ0n) is 14.1. The number of hydrogen-bond donors (Lipinski definition) is 1. The molecule has 0 spiro atoms. The largest absolute Gasteiger partial charge is 0.468 e. The van der Waals surface area contributed by atoms with E-state index >= 15 is 0 Å². The standard InChI is InChI=1S/C20H21NO4/c1-24-18(22)20(16-10-6-3-7-11-16)12-17(13-20)21-19(23)25-14-15-8-4-2-5-9-15/h2-11,17H,12-14H2,1H3,(H,21,23). The van der Waals surface area contributed by atoms with E-state index in [1.54, 1.807) is 0 Å². The van der Waals surface area contributed by atoms with Crippen molar-refractivity contribution in [3.8, 4) is 0 Å². The van der Waals surface area contributed by atoms with E-state index in [1.165, 1.54) is 7.11 Å². The Labute approximate surface area is 147 Å². The molecular weight excluding hydrogens is 318 g/mol. The van der Waals surface area contributed by atoms with Gasteiger partial charge in [-0.05, 0) is 24.0 Å². The molecule has 1 fully saturated rings. The molecule has 5 nitrogen and oxygen atoms in total. The first-order valence-electron chi connectivity index (χ1n) is 8.25. The highest BCUT2D eigenvalue weighted by molar-refractivity contribution is 5.85. The molecule has 0 bridgehead atoms. The van der Waals surface area contributed by atoms with Gasteiger partial charge in [0.25, 0.3) is 0 Å². The van der Waals surface area contributed by atoms with Crippen molar-refractivity contribution in [3.05, 3.63) is 71.8 Å². The lowest BCUT2D eigenvalue weighted by Gasteiger charge is -2.45. The molecule has 5 heteroatoms. The Bertz CT molecular complexity index is 724. The molecule has 2 aromatic carbocycles. The number of ether oxygens (including phenoxy) is 2. The Morgan fingerprint density at radius 3 is 2.24 bits per heavy atom. The van der Waals surface area contributed by atoms with Crippen LogP contribution in [-0.2, 0) is 26.3 Å². The van der Waals surface area contributed by atoms with E-state index in [0.717, 1.165) is 11.1 Å². The van der Waals surface area contributed by atoms with Crippen LogP contribution in [0.5, 0.6) is 0 Å². The lowest BCUT2D eigenvalue weighted by molar-refractivity contribution is -0.152. The average molecular weight is 339 g/mol. The van der Waals surface area contributed by atoms with Crippen LogP contribution in [0.4, 0.5) is 4.79 Å². The van der Waals surface area contributed by atoms with Gasteiger partial charge >= 0.3 is 12.1 Å². The molecule has 0 saturated heterocycles. The highest BCUT2D eigenvalue weighted by Crippen LogP contribution is 2.44. The van der Waals surface area contributed by atoms with E-state index in [2.05, 4.69) is 5.32 Å². The number of hydrogen-bond acceptors (Lipinski definition) is 4. The summed E-state index contributed by atoms with van der Waals surface area (Å²) >= 11 is 0. The first kappa shape index (κ1) is 17.0. The molecule has 130 valence electrons. The van der Waals surface area contributed by atoms with Gasteiger partial charge in [0.2, 0.25) is 0 Å². The van der Waals surface area contributed by atoms with Crippen molar-refractivity contribution >= 4 is 12.1 Å². The second kappa shape index (κ2) is 7.38. The van der Waals surface area contributed by atoms with Gasteiger partial charge in [0.1, 0.15) is 6.61 Å². The number of carbonyl (C=O) groups is 2. The highest BCUT2D eigenvalue weighted by atomic mass is 16.5. The van der Waals surface area contributed by atoms with Crippen molar-refractivity contribution in [2.45, 2.75) is 30.9 Å². The molecule has 1 amide bonds. The van der Waals surface area contributed by atoms with Gasteiger partial charge in [-0.1, -0.05) is 60.7 Å². The van der Waals surface area contributed by atoms with E-state index in [0.29, 0.717) is 12.8 Å². The summed E-state index contributed by atoms with van der Waals surface area (Å²) in [5.41, 5.74) is 1.16. The van der Waals surface area contributed by atoms with Crippen molar-refractivity contribution in [2.75, 3.05) is 7.11 Å². The number of amides is 1. The van der Waals surface area contributed by atoms with Gasteiger partial charge in [-0.15, -0.1) is 0 Å². The molecule has 0 aliphatic heterocycles. The zero-order valence-corrected chi connectivity index (χ0v) is 14.1. The third kappa shape index (κ3) is 3.65. The molecule has 0 atom stereocenters. The monoisotopic (exact) mass is 339 g/mol. The Kier molecular flexibility index (Phi) is 5.03. The van der Waals surface area contributed by atoms with Gasteiger partial charge in [-0.2, -0.15) is 0 Å². The summed E-state index contributed by atoms with van der Waals surface area (Å²) in [7, 11) is 1.39. The quantitative estimate of drug-likeness (QED) is 0.850. The molecule has 2 aromatic rings. The number of alkyl carbamates (subject to hydrolysis) is 1. The van der Waals surface area contributed by atoms with Crippen LogP contribution in [-0.4, -0.2) is 25.2 Å². The van der Waals surface area contributed by atoms with Gasteiger partial charge in [0, 0.05) is 6.04 Å². The lowest BCUT2D eigenvalue weighted by Crippen LogP contribution is -2.57. The summed E-state index contributed by atoms with van der Waals surface area (Å²) in [6.45, 7) is 0.222. The Balaban J connectivity index is 1.56. The van der Waals surface area contributed by atoms with Crippen LogP contribution in [0.25, 0.3) is 0 Å². The van der Waals surface area contributed by atoms with Gasteiger partial charge in [-0.25, -0.2) is 4.79 Å². The predicted molar refractivity (Wildman–Crippen MR) is 92.9 cm³/mol. The van der Waals surface area contributed by atoms with E-state index in [4.69, 9.17) is 9.47 Å². The minimum Gasteiger partial charge on any atom is -0.468 e. The van der Waals surface area contributed by atoms with Gasteiger partial charge in [-0.3, -0.25) is 4.79 Å². The lowest BCUT2D eigenvalue weighted by atomic mass is 9.61. The van der Waals surface area contributed by atoms with Gasteiger partial charge in [0.15, 0.2) is 0 Å². The smallest absolute Gasteiger partial charge is 0.407 e. The Morgan fingerprint density at radius 2 is 1.64 bits per heavy atom. The van der Waals surface area contributed by atoms with E-state index < -0.39 is 11.5 Å². The normalized spacial score (nSPS) is 21.7. The molecule has 0 unspecified atom stereocenters. The number of esters is 1. The SMILES string of the molecule is COC(=O)C1(c2ccccc2)CC(NC(=O)OCc2ccccc2)C1. The van der Waals surface area contributed by atoms with Crippen molar-refractivity contribution in [1.82, 2.24) is 5.32 Å². The summed E-state index contributed by atoms with van der Waals surface area (Å²) < 4.78 is 10.2. The second-order valence-electron chi connectivity index (χ2n) is 6.25. The van der Waals surface area contributed by atoms with Gasteiger partial charge < -0.3 is 14.8 Å². The third-order valence-corrected chi connectivity index (χ3v) is 4.63. The van der Waals surface area contributed by atoms with Crippen LogP contribution in [0.15, 0.2) is 60.7 Å². The summed E-state index contributed by atoms with van der Waals surface area (Å²) in [4.78, 5) is 24.2. The van der Waals surface area contributed by atoms with Crippen LogP contribution in [0.2, 0.25) is 0 Å². The van der Waals surface area contributed by atoms with Crippen LogP contribution >= 0.6 is 0 Å². The summed E-state index contributed by atoms with van der Waals surface area (Å²) in [6.07, 6.45) is 0.536. The van der Waals surface area contributed by atoms with Crippen molar-refractivity contribution in [3.63, 3.8) is 0 Å². The minimum absolute atomic E-state index is 0.109. The molecule has 0 aromatic heterocycles. The summed E-state index contributed by atoms with van der Waals surface area (Å²) in [5.74, 6) is -0.269. The maximum atomic E-state index is 12.3. The van der Waals surface area contributed by atoms with Crippen LogP contribution < -0.4 is 5.32 Å². The fraction of sp³-hybridized carbons (Fsp3) is 0.300. The molecule has 0 radical (unpaired) electrons. The van der Waals surface area contributed by atoms with E-state index in [1.807, 2.05) is 60.7 Å². The fourth-order valence-electron chi connectivity index (χ4n) is 3.29. The molecule has 3 rings (SSSR count). The molecule has 1 aliphatic rings. The summed E-state index contributed by atoms with van der Waals surface area (Å²) in [5, 5.41) is 2.82. The maximum absolute atomic E-state index is 12.3. The van der Waals surface area contributed by atoms with Crippen molar-refractivity contribution < 1.29 is 19.1 Å². The van der Waals surface area contributed by atoms with E-state index in [9.17, 15) is 9.59 Å². The fourth-order valence-corrected chi connectivity index (χ4v) is 3.29. The van der Waals surface area contributed by atoms with Gasteiger partial charge in [0.05, 0.1) is 12.5 Å². The first-order valence-corrected chi connectivity index (χ1v) is 8.25. The molecule has 25 heavy (non-hydrogen) atoms. The predicted octanol–water partition coefficient (Wildman–Crippen LogP) is 3.19. The summed E-state index contributed by atoms with van der Waals surface area (Å²) in [6, 6.07) is 18.9. The number of rotatable bonds is 5. The van der Waals surface area contributed by atoms with Crippen molar-refractivity contribution in [2.24, 2.45) is 0 Å². The third-order valence-electron chi connectivity index (χ3n) is 4.63. The maximum Gasteiger partial charge on any atom is 0.407 e. The molecule has 1 N–H and O–H groups in total. The highest BCUT2D eigenvalue weighted by Gasteiger charge is 2.53. The first-order chi connectivity index (χ1) is 12.1. The van der Waals surface area contributed by atoms with Crippen molar-refractivity contribution in [1.29, 1.82) is 0 Å². The van der Waals surface area contributed by atoms with E-state index in [-0.39, 0.29) is 18.6 Å². The molecule has 1 saturated carbocycles. The number of methoxy groups -OCH3 is 1. The van der Waals surface area contributed by atoms with Crippen LogP contribution in [0, 0.1) is 0 Å². The number of nitrogens with one attached hydrogen (secondary N) is 1. The molecule has 1 aliphatic carbocycles. The number of benzene rings is 2. The Hall–Kier alpha value is -2.82. The van der Waals surface area contributed by atoms with Crippen LogP contribution in [0.3, 0.4) is 0 Å². The average Bonchev–Trinajstić information content (AvgIpc) is 2.63. The Morgan fingerprint density at radius 1 is 1.04 bits per heavy atom. The topological polar surface area (TPSA) is 64.6 Å².